The van der Waals surface area contributed by atoms with Crippen LogP contribution in [0, 0.1) is 29.3 Å². The molecule has 0 aliphatic rings. The summed E-state index contributed by atoms with van der Waals surface area (Å²) in [6.45, 7) is 5.47. The predicted octanol–water partition coefficient (Wildman–Crippen LogP) is 3.43. The summed E-state index contributed by atoms with van der Waals surface area (Å²) in [7, 11) is 0. The summed E-state index contributed by atoms with van der Waals surface area (Å²) < 4.78 is 39.0. The Bertz CT molecular complexity index is 377. The standard InChI is InChI=1S/C12H15F3O/c1-6(2)7(3)12(16)8-4-10(14)11(15)5-9(8)13/h4-7,12,16H,1-3H3. The molecule has 0 aliphatic carbocycles. The smallest absolute Gasteiger partial charge is 0.161 e. The Kier molecular flexibility index (Phi) is 3.97. The summed E-state index contributed by atoms with van der Waals surface area (Å²) in [4.78, 5) is 0. The molecule has 16 heavy (non-hydrogen) atoms. The van der Waals surface area contributed by atoms with Crippen molar-refractivity contribution in [3.63, 3.8) is 0 Å². The second-order valence-electron chi connectivity index (χ2n) is 4.34. The van der Waals surface area contributed by atoms with Gasteiger partial charge in [0.2, 0.25) is 0 Å². The van der Waals surface area contributed by atoms with E-state index in [-0.39, 0.29) is 17.4 Å². The molecule has 0 saturated carbocycles. The van der Waals surface area contributed by atoms with Crippen LogP contribution < -0.4 is 0 Å². The molecule has 0 saturated heterocycles. The zero-order chi connectivity index (χ0) is 12.5. The second-order valence-corrected chi connectivity index (χ2v) is 4.34. The highest BCUT2D eigenvalue weighted by molar-refractivity contribution is 5.22. The van der Waals surface area contributed by atoms with Gasteiger partial charge in [0.05, 0.1) is 6.10 Å². The number of aliphatic hydroxyl groups is 1. The Labute approximate surface area is 92.9 Å². The van der Waals surface area contributed by atoms with Crippen molar-refractivity contribution < 1.29 is 18.3 Å². The number of hydrogen-bond acceptors (Lipinski definition) is 1. The molecule has 0 aliphatic heterocycles. The summed E-state index contributed by atoms with van der Waals surface area (Å²) in [6.07, 6.45) is -1.13. The molecule has 4 heteroatoms. The molecule has 0 aromatic heterocycles. The summed E-state index contributed by atoms with van der Waals surface area (Å²) in [6, 6.07) is 1.18. The number of hydrogen-bond donors (Lipinski definition) is 1. The lowest BCUT2D eigenvalue weighted by molar-refractivity contribution is 0.0882. The van der Waals surface area contributed by atoms with Crippen molar-refractivity contribution in [1.29, 1.82) is 0 Å². The minimum absolute atomic E-state index is 0.113. The van der Waals surface area contributed by atoms with E-state index >= 15 is 0 Å². The van der Waals surface area contributed by atoms with E-state index in [4.69, 9.17) is 0 Å². The van der Waals surface area contributed by atoms with Gasteiger partial charge in [0, 0.05) is 11.6 Å². The molecule has 90 valence electrons. The first-order valence-electron chi connectivity index (χ1n) is 5.17. The minimum atomic E-state index is -1.24. The topological polar surface area (TPSA) is 20.2 Å². The molecule has 2 atom stereocenters. The first-order chi connectivity index (χ1) is 7.34. The van der Waals surface area contributed by atoms with Gasteiger partial charge in [-0.15, -0.1) is 0 Å². The summed E-state index contributed by atoms with van der Waals surface area (Å²) in [5.74, 6) is -3.43. The minimum Gasteiger partial charge on any atom is -0.388 e. The fraction of sp³-hybridized carbons (Fsp3) is 0.500. The van der Waals surface area contributed by atoms with Gasteiger partial charge >= 0.3 is 0 Å². The van der Waals surface area contributed by atoms with E-state index in [2.05, 4.69) is 0 Å². The third-order valence-electron chi connectivity index (χ3n) is 2.91. The van der Waals surface area contributed by atoms with E-state index in [9.17, 15) is 18.3 Å². The van der Waals surface area contributed by atoms with Gasteiger partial charge < -0.3 is 5.11 Å². The molecule has 1 aromatic rings. The lowest BCUT2D eigenvalue weighted by Gasteiger charge is -2.23. The monoisotopic (exact) mass is 232 g/mol. The fourth-order valence-corrected chi connectivity index (χ4v) is 1.41. The lowest BCUT2D eigenvalue weighted by Crippen LogP contribution is -2.16. The summed E-state index contributed by atoms with van der Waals surface area (Å²) in [5, 5.41) is 9.83. The summed E-state index contributed by atoms with van der Waals surface area (Å²) >= 11 is 0. The molecule has 1 rings (SSSR count). The van der Waals surface area contributed by atoms with Crippen molar-refractivity contribution in [2.75, 3.05) is 0 Å². The van der Waals surface area contributed by atoms with Crippen molar-refractivity contribution in [2.24, 2.45) is 11.8 Å². The van der Waals surface area contributed by atoms with Gasteiger partial charge in [0.15, 0.2) is 11.6 Å². The predicted molar refractivity (Wildman–Crippen MR) is 55.3 cm³/mol. The quantitative estimate of drug-likeness (QED) is 0.791. The lowest BCUT2D eigenvalue weighted by atomic mass is 9.88. The SMILES string of the molecule is CC(C)C(C)C(O)c1cc(F)c(F)cc1F. The molecule has 1 nitrogen and oxygen atoms in total. The van der Waals surface area contributed by atoms with Crippen LogP contribution in [0.4, 0.5) is 13.2 Å². The van der Waals surface area contributed by atoms with Crippen LogP contribution in [0.5, 0.6) is 0 Å². The maximum Gasteiger partial charge on any atom is 0.161 e. The maximum absolute atomic E-state index is 13.3. The molecule has 0 radical (unpaired) electrons. The van der Waals surface area contributed by atoms with Gasteiger partial charge in [-0.3, -0.25) is 0 Å². The summed E-state index contributed by atoms with van der Waals surface area (Å²) in [5.41, 5.74) is -0.194. The van der Waals surface area contributed by atoms with Gasteiger partial charge in [0.1, 0.15) is 5.82 Å². The van der Waals surface area contributed by atoms with Gasteiger partial charge in [-0.25, -0.2) is 13.2 Å². The average Bonchev–Trinajstić information content (AvgIpc) is 2.21. The normalized spacial score (nSPS) is 15.2. The molecular weight excluding hydrogens is 217 g/mol. The van der Waals surface area contributed by atoms with E-state index in [1.54, 1.807) is 6.92 Å². The number of halogens is 3. The van der Waals surface area contributed by atoms with E-state index in [1.165, 1.54) is 0 Å². The Morgan fingerprint density at radius 1 is 0.938 bits per heavy atom. The van der Waals surface area contributed by atoms with Gasteiger partial charge in [0.25, 0.3) is 0 Å². The van der Waals surface area contributed by atoms with Gasteiger partial charge in [-0.05, 0) is 17.9 Å². The molecular formula is C12H15F3O. The van der Waals surface area contributed by atoms with E-state index in [0.29, 0.717) is 12.1 Å². The molecule has 0 spiro atoms. The molecule has 0 amide bonds. The van der Waals surface area contributed by atoms with Crippen molar-refractivity contribution in [3.05, 3.63) is 35.1 Å². The Morgan fingerprint density at radius 2 is 1.44 bits per heavy atom. The Morgan fingerprint density at radius 3 is 1.94 bits per heavy atom. The fourth-order valence-electron chi connectivity index (χ4n) is 1.41. The van der Waals surface area contributed by atoms with Gasteiger partial charge in [-0.2, -0.15) is 0 Å². The molecule has 2 unspecified atom stereocenters. The largest absolute Gasteiger partial charge is 0.388 e. The van der Waals surface area contributed by atoms with Crippen LogP contribution in [0.25, 0.3) is 0 Å². The zero-order valence-electron chi connectivity index (χ0n) is 9.47. The molecule has 0 heterocycles. The highest BCUT2D eigenvalue weighted by Gasteiger charge is 2.23. The third-order valence-corrected chi connectivity index (χ3v) is 2.91. The Hall–Kier alpha value is -1.03. The van der Waals surface area contributed by atoms with E-state index < -0.39 is 23.6 Å². The maximum atomic E-state index is 13.3. The Balaban J connectivity index is 3.08. The number of rotatable bonds is 3. The van der Waals surface area contributed by atoms with Crippen LogP contribution in [0.1, 0.15) is 32.4 Å². The van der Waals surface area contributed by atoms with Crippen molar-refractivity contribution >= 4 is 0 Å². The third kappa shape index (κ3) is 2.55. The highest BCUT2D eigenvalue weighted by atomic mass is 19.2. The van der Waals surface area contributed by atoms with Crippen LogP contribution in [0.2, 0.25) is 0 Å². The highest BCUT2D eigenvalue weighted by Crippen LogP contribution is 2.30. The molecule has 0 bridgehead atoms. The van der Waals surface area contributed by atoms with Crippen LogP contribution in [0.3, 0.4) is 0 Å². The zero-order valence-corrected chi connectivity index (χ0v) is 9.47. The van der Waals surface area contributed by atoms with Crippen molar-refractivity contribution in [1.82, 2.24) is 0 Å². The molecule has 0 fully saturated rings. The second kappa shape index (κ2) is 4.87. The first-order valence-corrected chi connectivity index (χ1v) is 5.17. The van der Waals surface area contributed by atoms with Crippen LogP contribution in [-0.2, 0) is 0 Å². The molecule has 1 aromatic carbocycles. The van der Waals surface area contributed by atoms with Crippen molar-refractivity contribution in [2.45, 2.75) is 26.9 Å². The van der Waals surface area contributed by atoms with E-state index in [0.717, 1.165) is 0 Å². The van der Waals surface area contributed by atoms with Crippen LogP contribution in [-0.4, -0.2) is 5.11 Å². The van der Waals surface area contributed by atoms with Crippen LogP contribution in [0.15, 0.2) is 12.1 Å². The number of aliphatic hydroxyl groups excluding tert-OH is 1. The van der Waals surface area contributed by atoms with E-state index in [1.807, 2.05) is 13.8 Å². The van der Waals surface area contributed by atoms with Crippen molar-refractivity contribution in [3.8, 4) is 0 Å². The number of benzene rings is 1. The van der Waals surface area contributed by atoms with Gasteiger partial charge in [-0.1, -0.05) is 20.8 Å². The average molecular weight is 232 g/mol. The molecule has 1 N–H and O–H groups in total. The first kappa shape index (κ1) is 13.0. The van der Waals surface area contributed by atoms with Crippen LogP contribution >= 0.6 is 0 Å².